The SMILES string of the molecule is CCCCCCCCC[C@H]1CC[C@H](c2ccc(CCCCCCCC(=O)O)cc2C)CC1. The fourth-order valence-electron chi connectivity index (χ4n) is 5.64. The molecule has 1 aliphatic carbocycles. The minimum atomic E-state index is -0.665. The first kappa shape index (κ1) is 26.9. The van der Waals surface area contributed by atoms with Crippen LogP contribution in [0, 0.1) is 12.8 Å². The topological polar surface area (TPSA) is 37.3 Å². The van der Waals surface area contributed by atoms with Crippen molar-refractivity contribution in [1.29, 1.82) is 0 Å². The zero-order chi connectivity index (χ0) is 23.0. The Morgan fingerprint density at radius 2 is 1.47 bits per heavy atom. The Morgan fingerprint density at radius 1 is 0.844 bits per heavy atom. The van der Waals surface area contributed by atoms with Crippen LogP contribution >= 0.6 is 0 Å². The van der Waals surface area contributed by atoms with Gasteiger partial charge in [0.25, 0.3) is 0 Å². The van der Waals surface area contributed by atoms with E-state index in [0.717, 1.165) is 37.5 Å². The highest BCUT2D eigenvalue weighted by Gasteiger charge is 2.23. The number of hydrogen-bond acceptors (Lipinski definition) is 1. The second-order valence-corrected chi connectivity index (χ2v) is 10.5. The molecule has 1 N–H and O–H groups in total. The van der Waals surface area contributed by atoms with Gasteiger partial charge in [0, 0.05) is 6.42 Å². The molecule has 1 fully saturated rings. The van der Waals surface area contributed by atoms with E-state index < -0.39 is 5.97 Å². The quantitative estimate of drug-likeness (QED) is 0.244. The summed E-state index contributed by atoms with van der Waals surface area (Å²) < 4.78 is 0. The van der Waals surface area contributed by atoms with E-state index in [9.17, 15) is 4.79 Å². The highest BCUT2D eigenvalue weighted by molar-refractivity contribution is 5.66. The summed E-state index contributed by atoms with van der Waals surface area (Å²) in [6.07, 6.45) is 24.1. The van der Waals surface area contributed by atoms with Gasteiger partial charge in [0.05, 0.1) is 0 Å². The molecule has 0 atom stereocenters. The molecular weight excluding hydrogens is 392 g/mol. The third-order valence-electron chi connectivity index (χ3n) is 7.69. The fraction of sp³-hybridized carbons (Fsp3) is 0.767. The molecule has 0 radical (unpaired) electrons. The first-order valence-electron chi connectivity index (χ1n) is 13.9. The van der Waals surface area contributed by atoms with Crippen molar-refractivity contribution in [1.82, 2.24) is 0 Å². The van der Waals surface area contributed by atoms with Crippen LogP contribution in [0.1, 0.15) is 145 Å². The molecule has 0 unspecified atom stereocenters. The number of rotatable bonds is 17. The number of hydrogen-bond donors (Lipinski definition) is 1. The summed E-state index contributed by atoms with van der Waals surface area (Å²) in [6, 6.07) is 7.24. The summed E-state index contributed by atoms with van der Waals surface area (Å²) in [6.45, 7) is 4.61. The van der Waals surface area contributed by atoms with Crippen molar-refractivity contribution in [2.75, 3.05) is 0 Å². The second-order valence-electron chi connectivity index (χ2n) is 10.5. The fourth-order valence-corrected chi connectivity index (χ4v) is 5.64. The van der Waals surface area contributed by atoms with Crippen molar-refractivity contribution < 1.29 is 9.90 Å². The van der Waals surface area contributed by atoms with E-state index in [4.69, 9.17) is 5.11 Å². The summed E-state index contributed by atoms with van der Waals surface area (Å²) in [5.41, 5.74) is 4.58. The Hall–Kier alpha value is -1.31. The van der Waals surface area contributed by atoms with E-state index in [0.29, 0.717) is 6.42 Å². The van der Waals surface area contributed by atoms with E-state index in [1.54, 1.807) is 5.56 Å². The van der Waals surface area contributed by atoms with Gasteiger partial charge in [0.2, 0.25) is 0 Å². The lowest BCUT2D eigenvalue weighted by Crippen LogP contribution is -2.14. The summed E-state index contributed by atoms with van der Waals surface area (Å²) in [7, 11) is 0. The summed E-state index contributed by atoms with van der Waals surface area (Å²) in [4.78, 5) is 10.6. The monoisotopic (exact) mass is 442 g/mol. The molecule has 0 aliphatic heterocycles. The molecule has 182 valence electrons. The summed E-state index contributed by atoms with van der Waals surface area (Å²) in [5.74, 6) is 1.10. The summed E-state index contributed by atoms with van der Waals surface area (Å²) >= 11 is 0. The molecule has 1 aromatic rings. The van der Waals surface area contributed by atoms with Gasteiger partial charge >= 0.3 is 5.97 Å². The number of carboxylic acids is 1. The maximum absolute atomic E-state index is 10.6. The Balaban J connectivity index is 1.60. The van der Waals surface area contributed by atoms with Crippen molar-refractivity contribution in [2.45, 2.75) is 142 Å². The maximum atomic E-state index is 10.6. The van der Waals surface area contributed by atoms with Gasteiger partial charge in [-0.15, -0.1) is 0 Å². The molecule has 0 saturated heterocycles. The van der Waals surface area contributed by atoms with Crippen molar-refractivity contribution in [3.63, 3.8) is 0 Å². The van der Waals surface area contributed by atoms with E-state index in [1.807, 2.05) is 0 Å². The van der Waals surface area contributed by atoms with Crippen LogP contribution in [-0.2, 0) is 11.2 Å². The van der Waals surface area contributed by atoms with Gasteiger partial charge in [-0.1, -0.05) is 95.8 Å². The van der Waals surface area contributed by atoms with Crippen molar-refractivity contribution in [3.05, 3.63) is 34.9 Å². The molecule has 2 heteroatoms. The molecule has 2 nitrogen and oxygen atoms in total. The number of aliphatic carboxylic acids is 1. The van der Waals surface area contributed by atoms with Gasteiger partial charge < -0.3 is 5.11 Å². The molecule has 0 bridgehead atoms. The first-order chi connectivity index (χ1) is 15.6. The van der Waals surface area contributed by atoms with Crippen LogP contribution in [0.25, 0.3) is 0 Å². The molecule has 0 heterocycles. The molecule has 0 aromatic heterocycles. The standard InChI is InChI=1S/C30H50O2/c1-3-4-5-6-7-9-12-15-26-18-21-28(22-19-26)29-23-20-27(24-25(29)2)16-13-10-8-11-14-17-30(31)32/h20,23-24,26,28H,3-19,21-22H2,1-2H3,(H,31,32)/t26-,28-. The van der Waals surface area contributed by atoms with Crippen LogP contribution in [0.3, 0.4) is 0 Å². The predicted molar refractivity (Wildman–Crippen MR) is 138 cm³/mol. The van der Waals surface area contributed by atoms with Gasteiger partial charge in [0.15, 0.2) is 0 Å². The minimum Gasteiger partial charge on any atom is -0.481 e. The minimum absolute atomic E-state index is 0.321. The Labute approximate surface area is 198 Å². The normalized spacial score (nSPS) is 18.7. The van der Waals surface area contributed by atoms with E-state index in [1.165, 1.54) is 101 Å². The number of unbranched alkanes of at least 4 members (excludes halogenated alkanes) is 10. The van der Waals surface area contributed by atoms with Crippen molar-refractivity contribution >= 4 is 5.97 Å². The number of aryl methyl sites for hydroxylation is 2. The Bertz CT molecular complexity index is 628. The second kappa shape index (κ2) is 16.3. The summed E-state index contributed by atoms with van der Waals surface area (Å²) in [5, 5.41) is 8.69. The van der Waals surface area contributed by atoms with Crippen molar-refractivity contribution in [3.8, 4) is 0 Å². The van der Waals surface area contributed by atoms with Crippen LogP contribution in [0.2, 0.25) is 0 Å². The molecule has 0 spiro atoms. The zero-order valence-electron chi connectivity index (χ0n) is 21.2. The van der Waals surface area contributed by atoms with Gasteiger partial charge in [-0.2, -0.15) is 0 Å². The average Bonchev–Trinajstić information content (AvgIpc) is 2.78. The molecule has 0 amide bonds. The van der Waals surface area contributed by atoms with Gasteiger partial charge in [-0.05, 0) is 80.4 Å². The van der Waals surface area contributed by atoms with Crippen LogP contribution in [0.4, 0.5) is 0 Å². The van der Waals surface area contributed by atoms with Crippen molar-refractivity contribution in [2.24, 2.45) is 5.92 Å². The van der Waals surface area contributed by atoms with Crippen LogP contribution < -0.4 is 0 Å². The highest BCUT2D eigenvalue weighted by atomic mass is 16.4. The lowest BCUT2D eigenvalue weighted by molar-refractivity contribution is -0.137. The first-order valence-corrected chi connectivity index (χ1v) is 13.9. The number of benzene rings is 1. The largest absolute Gasteiger partial charge is 0.481 e. The van der Waals surface area contributed by atoms with Gasteiger partial charge in [-0.3, -0.25) is 4.79 Å². The number of carboxylic acid groups (broad SMARTS) is 1. The predicted octanol–water partition coefficient (Wildman–Crippen LogP) is 9.38. The van der Waals surface area contributed by atoms with E-state index >= 15 is 0 Å². The van der Waals surface area contributed by atoms with E-state index in [2.05, 4.69) is 32.0 Å². The molecule has 2 rings (SSSR count). The van der Waals surface area contributed by atoms with Gasteiger partial charge in [-0.25, -0.2) is 0 Å². The average molecular weight is 443 g/mol. The molecule has 32 heavy (non-hydrogen) atoms. The third kappa shape index (κ3) is 11.0. The Kier molecular flexibility index (Phi) is 13.7. The highest BCUT2D eigenvalue weighted by Crippen LogP contribution is 2.39. The lowest BCUT2D eigenvalue weighted by atomic mass is 9.76. The zero-order valence-corrected chi connectivity index (χ0v) is 21.2. The van der Waals surface area contributed by atoms with Crippen LogP contribution in [-0.4, -0.2) is 11.1 Å². The smallest absolute Gasteiger partial charge is 0.303 e. The molecule has 1 aromatic carbocycles. The van der Waals surface area contributed by atoms with Gasteiger partial charge in [0.1, 0.15) is 0 Å². The molecule has 1 saturated carbocycles. The molecule has 1 aliphatic rings. The molecular formula is C30H50O2. The van der Waals surface area contributed by atoms with Crippen LogP contribution in [0.5, 0.6) is 0 Å². The number of carbonyl (C=O) groups is 1. The lowest BCUT2D eigenvalue weighted by Gasteiger charge is -2.30. The van der Waals surface area contributed by atoms with E-state index in [-0.39, 0.29) is 0 Å². The maximum Gasteiger partial charge on any atom is 0.303 e. The van der Waals surface area contributed by atoms with Crippen LogP contribution in [0.15, 0.2) is 18.2 Å². The third-order valence-corrected chi connectivity index (χ3v) is 7.69. The Morgan fingerprint density at radius 3 is 2.12 bits per heavy atom.